The summed E-state index contributed by atoms with van der Waals surface area (Å²) in [6, 6.07) is 0. The summed E-state index contributed by atoms with van der Waals surface area (Å²) >= 11 is 0. The van der Waals surface area contributed by atoms with E-state index in [4.69, 9.17) is 9.84 Å². The Morgan fingerprint density at radius 3 is 2.25 bits per heavy atom. The van der Waals surface area contributed by atoms with Crippen molar-refractivity contribution in [1.82, 2.24) is 0 Å². The van der Waals surface area contributed by atoms with Crippen molar-refractivity contribution in [1.29, 1.82) is 0 Å². The van der Waals surface area contributed by atoms with Crippen LogP contribution in [0.2, 0.25) is 0 Å². The molecular formula is C6H12O2. The highest BCUT2D eigenvalue weighted by Crippen LogP contribution is 2.18. The van der Waals surface area contributed by atoms with Gasteiger partial charge in [-0.25, -0.2) is 0 Å². The Morgan fingerprint density at radius 2 is 2.12 bits per heavy atom. The molecule has 0 aromatic heterocycles. The average Bonchev–Trinajstić information content (AvgIpc) is 1.85. The molecular weight excluding hydrogens is 104 g/mol. The van der Waals surface area contributed by atoms with Crippen molar-refractivity contribution >= 4 is 0 Å². The lowest BCUT2D eigenvalue weighted by Gasteiger charge is -2.04. The largest absolute Gasteiger partial charge is 0.390 e. The molecule has 1 saturated heterocycles. The highest BCUT2D eigenvalue weighted by Gasteiger charge is 2.26. The first-order valence-electron chi connectivity index (χ1n) is 3.03. The van der Waals surface area contributed by atoms with Crippen LogP contribution in [0.4, 0.5) is 0 Å². The maximum Gasteiger partial charge on any atom is 0.0823 e. The monoisotopic (exact) mass is 116 g/mol. The van der Waals surface area contributed by atoms with Gasteiger partial charge in [0.25, 0.3) is 0 Å². The molecule has 1 heterocycles. The van der Waals surface area contributed by atoms with Crippen LogP contribution in [0.5, 0.6) is 0 Å². The smallest absolute Gasteiger partial charge is 0.0823 e. The number of hydrogen-bond donors (Lipinski definition) is 1. The van der Waals surface area contributed by atoms with E-state index in [1.54, 1.807) is 0 Å². The van der Waals surface area contributed by atoms with E-state index in [0.717, 1.165) is 6.42 Å². The summed E-state index contributed by atoms with van der Waals surface area (Å²) in [5.41, 5.74) is 0. The molecule has 1 N–H and O–H groups in total. The Bertz CT molecular complexity index is 72.6. The second-order valence-electron chi connectivity index (χ2n) is 2.45. The minimum Gasteiger partial charge on any atom is -0.390 e. The minimum absolute atomic E-state index is 0.0463. The van der Waals surface area contributed by atoms with E-state index in [-0.39, 0.29) is 18.3 Å². The predicted octanol–water partition coefficient (Wildman–Crippen LogP) is 0.545. The topological polar surface area (TPSA) is 29.5 Å². The van der Waals surface area contributed by atoms with Gasteiger partial charge in [-0.3, -0.25) is 0 Å². The van der Waals surface area contributed by atoms with Gasteiger partial charge in [0, 0.05) is 6.42 Å². The standard InChI is InChI=1S/C6H12O2/c1-4-3-6(7)5(2)8-4/h4-7H,3H2,1-2H3. The van der Waals surface area contributed by atoms with E-state index in [1.807, 2.05) is 13.8 Å². The highest BCUT2D eigenvalue weighted by molar-refractivity contribution is 4.75. The Labute approximate surface area is 49.5 Å². The Morgan fingerprint density at radius 1 is 1.50 bits per heavy atom. The minimum atomic E-state index is -0.231. The van der Waals surface area contributed by atoms with Gasteiger partial charge in [0.15, 0.2) is 0 Å². The van der Waals surface area contributed by atoms with E-state index in [0.29, 0.717) is 0 Å². The fourth-order valence-electron chi connectivity index (χ4n) is 1.04. The molecule has 0 amide bonds. The lowest BCUT2D eigenvalue weighted by atomic mass is 10.2. The molecule has 2 nitrogen and oxygen atoms in total. The van der Waals surface area contributed by atoms with Gasteiger partial charge in [-0.2, -0.15) is 0 Å². The van der Waals surface area contributed by atoms with Gasteiger partial charge in [-0.15, -0.1) is 0 Å². The highest BCUT2D eigenvalue weighted by atomic mass is 16.5. The first kappa shape index (κ1) is 6.05. The summed E-state index contributed by atoms with van der Waals surface area (Å²) in [5.74, 6) is 0. The molecule has 1 rings (SSSR count). The van der Waals surface area contributed by atoms with Gasteiger partial charge in [-0.1, -0.05) is 0 Å². The summed E-state index contributed by atoms with van der Waals surface area (Å²) in [6.07, 6.45) is 0.858. The fourth-order valence-corrected chi connectivity index (χ4v) is 1.04. The summed E-state index contributed by atoms with van der Waals surface area (Å²) in [7, 11) is 0. The molecule has 0 spiro atoms. The second-order valence-corrected chi connectivity index (χ2v) is 2.45. The van der Waals surface area contributed by atoms with Crippen LogP contribution in [0.1, 0.15) is 20.3 Å². The van der Waals surface area contributed by atoms with E-state index < -0.39 is 0 Å². The van der Waals surface area contributed by atoms with Gasteiger partial charge < -0.3 is 9.84 Å². The third kappa shape index (κ3) is 1.01. The van der Waals surface area contributed by atoms with Crippen LogP contribution in [-0.4, -0.2) is 23.4 Å². The molecule has 0 aromatic rings. The average molecular weight is 116 g/mol. The number of hydrogen-bond acceptors (Lipinski definition) is 2. The maximum atomic E-state index is 9.04. The van der Waals surface area contributed by atoms with Crippen molar-refractivity contribution in [2.45, 2.75) is 38.6 Å². The summed E-state index contributed by atoms with van der Waals surface area (Å²) in [6.45, 7) is 3.88. The number of rotatable bonds is 0. The van der Waals surface area contributed by atoms with Crippen molar-refractivity contribution in [3.05, 3.63) is 0 Å². The quantitative estimate of drug-likeness (QED) is 0.500. The zero-order valence-electron chi connectivity index (χ0n) is 5.29. The Hall–Kier alpha value is -0.0800. The third-order valence-corrected chi connectivity index (χ3v) is 1.56. The predicted molar refractivity (Wildman–Crippen MR) is 30.6 cm³/mol. The van der Waals surface area contributed by atoms with Gasteiger partial charge in [-0.05, 0) is 13.8 Å². The van der Waals surface area contributed by atoms with Crippen LogP contribution < -0.4 is 0 Å². The molecule has 0 saturated carbocycles. The van der Waals surface area contributed by atoms with Crippen LogP contribution in [0.25, 0.3) is 0 Å². The Balaban J connectivity index is 2.39. The van der Waals surface area contributed by atoms with Gasteiger partial charge in [0.1, 0.15) is 0 Å². The zero-order chi connectivity index (χ0) is 6.15. The molecule has 1 aliphatic heterocycles. The summed E-state index contributed by atoms with van der Waals surface area (Å²) < 4.78 is 5.22. The van der Waals surface area contributed by atoms with E-state index in [1.165, 1.54) is 0 Å². The van der Waals surface area contributed by atoms with Crippen LogP contribution in [0.15, 0.2) is 0 Å². The number of ether oxygens (including phenoxy) is 1. The van der Waals surface area contributed by atoms with Gasteiger partial charge >= 0.3 is 0 Å². The SMILES string of the molecule is CC1CC(O)C(C)O1. The second kappa shape index (κ2) is 2.03. The summed E-state index contributed by atoms with van der Waals surface area (Å²) in [4.78, 5) is 0. The fraction of sp³-hybridized carbons (Fsp3) is 1.00. The van der Waals surface area contributed by atoms with Gasteiger partial charge in [0.05, 0.1) is 18.3 Å². The van der Waals surface area contributed by atoms with Crippen LogP contribution >= 0.6 is 0 Å². The third-order valence-electron chi connectivity index (χ3n) is 1.56. The molecule has 1 aliphatic rings. The lowest BCUT2D eigenvalue weighted by Crippen LogP contribution is -2.15. The van der Waals surface area contributed by atoms with Crippen LogP contribution in [0.3, 0.4) is 0 Å². The van der Waals surface area contributed by atoms with Crippen molar-refractivity contribution in [2.24, 2.45) is 0 Å². The molecule has 8 heavy (non-hydrogen) atoms. The van der Waals surface area contributed by atoms with Crippen LogP contribution in [-0.2, 0) is 4.74 Å². The Kier molecular flexibility index (Phi) is 1.54. The molecule has 0 radical (unpaired) electrons. The molecule has 0 aromatic carbocycles. The molecule has 3 atom stereocenters. The van der Waals surface area contributed by atoms with Gasteiger partial charge in [0.2, 0.25) is 0 Å². The van der Waals surface area contributed by atoms with E-state index in [2.05, 4.69) is 0 Å². The summed E-state index contributed by atoms with van der Waals surface area (Å²) in [5, 5.41) is 9.04. The first-order valence-corrected chi connectivity index (χ1v) is 3.03. The maximum absolute atomic E-state index is 9.04. The first-order chi connectivity index (χ1) is 3.70. The van der Waals surface area contributed by atoms with Crippen molar-refractivity contribution in [2.75, 3.05) is 0 Å². The van der Waals surface area contributed by atoms with Crippen molar-refractivity contribution in [3.63, 3.8) is 0 Å². The normalized spacial score (nSPS) is 47.6. The van der Waals surface area contributed by atoms with E-state index in [9.17, 15) is 0 Å². The molecule has 0 bridgehead atoms. The van der Waals surface area contributed by atoms with Crippen LogP contribution in [0, 0.1) is 0 Å². The lowest BCUT2D eigenvalue weighted by molar-refractivity contribution is 0.0287. The molecule has 48 valence electrons. The van der Waals surface area contributed by atoms with Crippen molar-refractivity contribution < 1.29 is 9.84 Å². The molecule has 3 unspecified atom stereocenters. The number of aliphatic hydroxyl groups is 1. The number of aliphatic hydroxyl groups excluding tert-OH is 1. The van der Waals surface area contributed by atoms with E-state index >= 15 is 0 Å². The molecule has 0 aliphatic carbocycles. The molecule has 2 heteroatoms. The van der Waals surface area contributed by atoms with Crippen molar-refractivity contribution in [3.8, 4) is 0 Å². The molecule has 1 fully saturated rings. The zero-order valence-corrected chi connectivity index (χ0v) is 5.29.